The Balaban J connectivity index is 1.72. The van der Waals surface area contributed by atoms with E-state index in [9.17, 15) is 9.59 Å². The molecule has 0 radical (unpaired) electrons. The van der Waals surface area contributed by atoms with Crippen LogP contribution in [-0.2, 0) is 4.79 Å². The highest BCUT2D eigenvalue weighted by molar-refractivity contribution is 8.00. The van der Waals surface area contributed by atoms with Crippen molar-refractivity contribution < 1.29 is 14.7 Å². The van der Waals surface area contributed by atoms with Crippen molar-refractivity contribution >= 4 is 29.5 Å². The number of hydrogen-bond donors (Lipinski definition) is 2. The van der Waals surface area contributed by atoms with E-state index in [-0.39, 0.29) is 16.7 Å². The molecular formula is C18H19N3O3S. The van der Waals surface area contributed by atoms with Gasteiger partial charge in [-0.25, -0.2) is 9.48 Å². The maximum absolute atomic E-state index is 12.2. The summed E-state index contributed by atoms with van der Waals surface area (Å²) in [5.74, 6) is 0.210. The van der Waals surface area contributed by atoms with Gasteiger partial charge >= 0.3 is 5.97 Å². The van der Waals surface area contributed by atoms with E-state index in [2.05, 4.69) is 10.4 Å². The van der Waals surface area contributed by atoms with Crippen LogP contribution in [0.2, 0.25) is 0 Å². The number of anilines is 1. The third-order valence-corrected chi connectivity index (χ3v) is 6.16. The summed E-state index contributed by atoms with van der Waals surface area (Å²) in [6.07, 6.45) is 6.43. The molecule has 2 heterocycles. The first-order chi connectivity index (χ1) is 12.1. The van der Waals surface area contributed by atoms with Crippen molar-refractivity contribution in [2.45, 2.75) is 37.0 Å². The number of carbonyl (C=O) groups is 2. The second-order valence-electron chi connectivity index (χ2n) is 6.50. The van der Waals surface area contributed by atoms with Crippen LogP contribution >= 0.6 is 11.8 Å². The van der Waals surface area contributed by atoms with Gasteiger partial charge < -0.3 is 10.4 Å². The van der Waals surface area contributed by atoms with Crippen molar-refractivity contribution in [3.63, 3.8) is 0 Å². The summed E-state index contributed by atoms with van der Waals surface area (Å²) >= 11 is 1.55. The van der Waals surface area contributed by atoms with Crippen molar-refractivity contribution in [2.24, 2.45) is 0 Å². The number of carboxylic acid groups (broad SMARTS) is 1. The minimum absolute atomic E-state index is 0.0179. The number of amides is 1. The summed E-state index contributed by atoms with van der Waals surface area (Å²) in [5.41, 5.74) is 2.24. The lowest BCUT2D eigenvalue weighted by atomic mass is 10.0. The quantitative estimate of drug-likeness (QED) is 0.879. The molecule has 1 amide bonds. The molecule has 1 aliphatic heterocycles. The first-order valence-corrected chi connectivity index (χ1v) is 9.50. The largest absolute Gasteiger partial charge is 0.478 e. The highest BCUT2D eigenvalue weighted by Gasteiger charge is 2.30. The number of fused-ring (bicyclic) bond motifs is 1. The van der Waals surface area contributed by atoms with Gasteiger partial charge in [-0.15, -0.1) is 11.8 Å². The standard InChI is InChI=1S/C18H19N3O3S/c22-15-10-25-16(11-5-7-12(8-6-11)18(23)24)14-9-19-21(17(14)20-15)13-3-1-2-4-13/h5-9,13,16H,1-4,10H2,(H,20,22)(H,23,24)/t16-/m1/s1. The van der Waals surface area contributed by atoms with Gasteiger partial charge in [0.05, 0.1) is 28.8 Å². The molecule has 2 aliphatic rings. The van der Waals surface area contributed by atoms with Crippen LogP contribution in [0, 0.1) is 0 Å². The molecule has 1 atom stereocenters. The lowest BCUT2D eigenvalue weighted by Crippen LogP contribution is -2.18. The number of nitrogens with zero attached hydrogens (tertiary/aromatic N) is 2. The zero-order valence-corrected chi connectivity index (χ0v) is 14.5. The Hall–Kier alpha value is -2.28. The Kier molecular flexibility index (Phi) is 4.25. The maximum Gasteiger partial charge on any atom is 0.335 e. The summed E-state index contributed by atoms with van der Waals surface area (Å²) in [7, 11) is 0. The monoisotopic (exact) mass is 357 g/mol. The molecule has 1 saturated carbocycles. The Morgan fingerprint density at radius 1 is 1.24 bits per heavy atom. The smallest absolute Gasteiger partial charge is 0.335 e. The topological polar surface area (TPSA) is 84.2 Å². The van der Waals surface area contributed by atoms with Gasteiger partial charge in [-0.2, -0.15) is 5.10 Å². The molecular weight excluding hydrogens is 338 g/mol. The van der Waals surface area contributed by atoms with Crippen LogP contribution in [0.5, 0.6) is 0 Å². The second kappa shape index (κ2) is 6.55. The average molecular weight is 357 g/mol. The Bertz CT molecular complexity index is 809. The van der Waals surface area contributed by atoms with Gasteiger partial charge in [0, 0.05) is 5.56 Å². The van der Waals surface area contributed by atoms with Crippen molar-refractivity contribution in [1.29, 1.82) is 0 Å². The molecule has 1 fully saturated rings. The minimum atomic E-state index is -0.938. The van der Waals surface area contributed by atoms with Gasteiger partial charge in [-0.1, -0.05) is 25.0 Å². The fourth-order valence-electron chi connectivity index (χ4n) is 3.62. The molecule has 0 spiro atoms. The molecule has 1 aliphatic carbocycles. The van der Waals surface area contributed by atoms with E-state index in [4.69, 9.17) is 5.11 Å². The van der Waals surface area contributed by atoms with Crippen LogP contribution in [-0.4, -0.2) is 32.5 Å². The minimum Gasteiger partial charge on any atom is -0.478 e. The number of benzene rings is 1. The van der Waals surface area contributed by atoms with Gasteiger partial charge in [0.1, 0.15) is 5.82 Å². The lowest BCUT2D eigenvalue weighted by molar-refractivity contribution is -0.113. The Morgan fingerprint density at radius 3 is 2.64 bits per heavy atom. The van der Waals surface area contributed by atoms with E-state index in [0.717, 1.165) is 29.8 Å². The first kappa shape index (κ1) is 16.2. The normalized spacial score (nSPS) is 20.8. The fraction of sp³-hybridized carbons (Fsp3) is 0.389. The number of aromatic nitrogens is 2. The van der Waals surface area contributed by atoms with E-state index >= 15 is 0 Å². The summed E-state index contributed by atoms with van der Waals surface area (Å²) in [6, 6.07) is 7.22. The van der Waals surface area contributed by atoms with E-state index in [1.54, 1.807) is 23.9 Å². The number of aromatic carboxylic acids is 1. The van der Waals surface area contributed by atoms with Crippen molar-refractivity contribution in [3.8, 4) is 0 Å². The molecule has 4 rings (SSSR count). The second-order valence-corrected chi connectivity index (χ2v) is 7.59. The van der Waals surface area contributed by atoms with E-state index < -0.39 is 5.97 Å². The highest BCUT2D eigenvalue weighted by Crippen LogP contribution is 2.43. The number of carbonyl (C=O) groups excluding carboxylic acids is 1. The van der Waals surface area contributed by atoms with Crippen LogP contribution in [0.15, 0.2) is 30.5 Å². The molecule has 0 bridgehead atoms. The lowest BCUT2D eigenvalue weighted by Gasteiger charge is -2.16. The number of rotatable bonds is 3. The van der Waals surface area contributed by atoms with Gasteiger partial charge in [0.2, 0.25) is 5.91 Å². The van der Waals surface area contributed by atoms with Crippen molar-refractivity contribution in [2.75, 3.05) is 11.1 Å². The van der Waals surface area contributed by atoms with Crippen LogP contribution in [0.3, 0.4) is 0 Å². The summed E-state index contributed by atoms with van der Waals surface area (Å²) in [4.78, 5) is 23.2. The van der Waals surface area contributed by atoms with E-state index in [0.29, 0.717) is 11.8 Å². The molecule has 0 unspecified atom stereocenters. The molecule has 2 N–H and O–H groups in total. The van der Waals surface area contributed by atoms with Gasteiger partial charge in [-0.3, -0.25) is 4.79 Å². The third kappa shape index (κ3) is 3.04. The molecule has 130 valence electrons. The van der Waals surface area contributed by atoms with Gasteiger partial charge in [0.15, 0.2) is 0 Å². The average Bonchev–Trinajstić information content (AvgIpc) is 3.23. The molecule has 1 aromatic heterocycles. The van der Waals surface area contributed by atoms with Gasteiger partial charge in [0.25, 0.3) is 0 Å². The summed E-state index contributed by atoms with van der Waals surface area (Å²) < 4.78 is 1.98. The Morgan fingerprint density at radius 2 is 1.96 bits per heavy atom. The third-order valence-electron chi connectivity index (χ3n) is 4.88. The SMILES string of the molecule is O=C1CS[C@H](c2ccc(C(=O)O)cc2)c2cnn(C3CCCC3)c2N1. The van der Waals surface area contributed by atoms with Crippen LogP contribution < -0.4 is 5.32 Å². The highest BCUT2D eigenvalue weighted by atomic mass is 32.2. The predicted molar refractivity (Wildman–Crippen MR) is 96.1 cm³/mol. The number of carboxylic acids is 1. The van der Waals surface area contributed by atoms with Crippen molar-refractivity contribution in [1.82, 2.24) is 9.78 Å². The molecule has 0 saturated heterocycles. The van der Waals surface area contributed by atoms with Crippen LogP contribution in [0.1, 0.15) is 58.5 Å². The van der Waals surface area contributed by atoms with Crippen molar-refractivity contribution in [3.05, 3.63) is 47.2 Å². The first-order valence-electron chi connectivity index (χ1n) is 8.45. The molecule has 6 nitrogen and oxygen atoms in total. The zero-order valence-electron chi connectivity index (χ0n) is 13.6. The number of thioether (sulfide) groups is 1. The molecule has 7 heteroatoms. The summed E-state index contributed by atoms with van der Waals surface area (Å²) in [5, 5.41) is 16.6. The van der Waals surface area contributed by atoms with Crippen LogP contribution in [0.25, 0.3) is 0 Å². The van der Waals surface area contributed by atoms with Crippen LogP contribution in [0.4, 0.5) is 5.82 Å². The van der Waals surface area contributed by atoms with E-state index in [1.807, 2.05) is 23.0 Å². The molecule has 2 aromatic rings. The summed E-state index contributed by atoms with van der Waals surface area (Å²) in [6.45, 7) is 0. The molecule has 1 aromatic carbocycles. The maximum atomic E-state index is 12.2. The van der Waals surface area contributed by atoms with Gasteiger partial charge in [-0.05, 0) is 30.5 Å². The Labute approximate surface area is 149 Å². The zero-order chi connectivity index (χ0) is 17.4. The molecule has 25 heavy (non-hydrogen) atoms. The fourth-order valence-corrected chi connectivity index (χ4v) is 4.71. The van der Waals surface area contributed by atoms with E-state index in [1.165, 1.54) is 12.8 Å². The predicted octanol–water partition coefficient (Wildman–Crippen LogP) is 3.47. The number of nitrogens with one attached hydrogen (secondary N) is 1. The number of hydrogen-bond acceptors (Lipinski definition) is 4.